The number of carbonyl (C=O) groups is 2. The lowest BCUT2D eigenvalue weighted by Crippen LogP contribution is -2.39. The quantitative estimate of drug-likeness (QED) is 0.688. The summed E-state index contributed by atoms with van der Waals surface area (Å²) in [6.07, 6.45) is 5.29. The van der Waals surface area contributed by atoms with Crippen molar-refractivity contribution in [2.24, 2.45) is 5.73 Å². The number of hydrogen-bond donors (Lipinski definition) is 3. The van der Waals surface area contributed by atoms with Gasteiger partial charge in [-0.3, -0.25) is 14.5 Å². The summed E-state index contributed by atoms with van der Waals surface area (Å²) in [5, 5.41) is 5.23. The Morgan fingerprint density at radius 3 is 2.17 bits per heavy atom. The molecule has 1 fully saturated rings. The van der Waals surface area contributed by atoms with Crippen molar-refractivity contribution < 1.29 is 9.59 Å². The number of nitrogens with one attached hydrogen (secondary N) is 2. The van der Waals surface area contributed by atoms with Gasteiger partial charge < -0.3 is 16.4 Å². The van der Waals surface area contributed by atoms with Gasteiger partial charge in [-0.05, 0) is 37.1 Å². The van der Waals surface area contributed by atoms with Gasteiger partial charge in [-0.1, -0.05) is 37.1 Å². The zero-order valence-corrected chi connectivity index (χ0v) is 14.2. The largest absolute Gasteiger partial charge is 0.350 e. The van der Waals surface area contributed by atoms with Gasteiger partial charge in [0.05, 0.1) is 13.1 Å². The highest BCUT2D eigenvalue weighted by molar-refractivity contribution is 5.85. The van der Waals surface area contributed by atoms with Crippen LogP contribution in [0.5, 0.6) is 0 Å². The van der Waals surface area contributed by atoms with Crippen LogP contribution in [-0.2, 0) is 22.7 Å². The number of nitrogens with zero attached hydrogens (tertiary/aromatic N) is 1. The highest BCUT2D eigenvalue weighted by atomic mass is 16.2. The SMILES string of the molecule is NCC(=O)NCC(=O)NCc1ccc(CN2CCCCCC2)cc1. The average molecular weight is 332 g/mol. The van der Waals surface area contributed by atoms with Crippen molar-refractivity contribution in [2.45, 2.75) is 38.8 Å². The molecule has 2 amide bonds. The van der Waals surface area contributed by atoms with Gasteiger partial charge in [-0.25, -0.2) is 0 Å². The molecule has 6 heteroatoms. The third kappa shape index (κ3) is 6.68. The summed E-state index contributed by atoms with van der Waals surface area (Å²) in [5.74, 6) is -0.548. The van der Waals surface area contributed by atoms with Crippen molar-refractivity contribution in [3.8, 4) is 0 Å². The highest BCUT2D eigenvalue weighted by Gasteiger charge is 2.09. The van der Waals surface area contributed by atoms with Crippen LogP contribution in [0.4, 0.5) is 0 Å². The number of benzene rings is 1. The van der Waals surface area contributed by atoms with Crippen LogP contribution in [0.1, 0.15) is 36.8 Å². The Morgan fingerprint density at radius 2 is 1.54 bits per heavy atom. The van der Waals surface area contributed by atoms with E-state index in [4.69, 9.17) is 5.73 Å². The Kier molecular flexibility index (Phi) is 7.71. The molecule has 132 valence electrons. The van der Waals surface area contributed by atoms with E-state index in [1.54, 1.807) is 0 Å². The van der Waals surface area contributed by atoms with E-state index in [9.17, 15) is 9.59 Å². The smallest absolute Gasteiger partial charge is 0.239 e. The molecule has 0 aliphatic carbocycles. The van der Waals surface area contributed by atoms with Crippen LogP contribution < -0.4 is 16.4 Å². The van der Waals surface area contributed by atoms with Crippen molar-refractivity contribution in [1.82, 2.24) is 15.5 Å². The van der Waals surface area contributed by atoms with Gasteiger partial charge in [0.2, 0.25) is 11.8 Å². The predicted octanol–water partition coefficient (Wildman–Crippen LogP) is 0.754. The molecule has 1 aliphatic rings. The van der Waals surface area contributed by atoms with E-state index < -0.39 is 0 Å². The molecule has 1 aromatic rings. The molecule has 1 saturated heterocycles. The van der Waals surface area contributed by atoms with Crippen LogP contribution in [0.25, 0.3) is 0 Å². The van der Waals surface area contributed by atoms with E-state index in [0.717, 1.165) is 12.1 Å². The lowest BCUT2D eigenvalue weighted by atomic mass is 10.1. The first-order valence-electron chi connectivity index (χ1n) is 8.71. The fourth-order valence-corrected chi connectivity index (χ4v) is 2.83. The summed E-state index contributed by atoms with van der Waals surface area (Å²) >= 11 is 0. The molecule has 0 unspecified atom stereocenters. The standard InChI is InChI=1S/C18H28N4O2/c19-11-17(23)21-13-18(24)20-12-15-5-7-16(8-6-15)14-22-9-3-1-2-4-10-22/h5-8H,1-4,9-14,19H2,(H,20,24)(H,21,23). The second-order valence-electron chi connectivity index (χ2n) is 6.26. The van der Waals surface area contributed by atoms with Gasteiger partial charge in [0, 0.05) is 13.1 Å². The first-order valence-corrected chi connectivity index (χ1v) is 8.71. The Labute approximate surface area is 143 Å². The molecule has 24 heavy (non-hydrogen) atoms. The molecular weight excluding hydrogens is 304 g/mol. The maximum Gasteiger partial charge on any atom is 0.239 e. The topological polar surface area (TPSA) is 87.5 Å². The van der Waals surface area contributed by atoms with Crippen molar-refractivity contribution in [1.29, 1.82) is 0 Å². The number of hydrogen-bond acceptors (Lipinski definition) is 4. The van der Waals surface area contributed by atoms with Gasteiger partial charge in [0.15, 0.2) is 0 Å². The van der Waals surface area contributed by atoms with Crippen LogP contribution in [0.3, 0.4) is 0 Å². The Bertz CT molecular complexity index is 522. The number of likely N-dealkylation sites (tertiary alicyclic amines) is 1. The molecule has 4 N–H and O–H groups in total. The monoisotopic (exact) mass is 332 g/mol. The molecule has 1 heterocycles. The van der Waals surface area contributed by atoms with Crippen LogP contribution >= 0.6 is 0 Å². The number of nitrogens with two attached hydrogens (primary N) is 1. The molecular formula is C18H28N4O2. The summed E-state index contributed by atoms with van der Waals surface area (Å²) in [7, 11) is 0. The third-order valence-electron chi connectivity index (χ3n) is 4.25. The molecule has 1 aromatic carbocycles. The Hall–Kier alpha value is -1.92. The zero-order chi connectivity index (χ0) is 17.2. The molecule has 0 radical (unpaired) electrons. The van der Waals surface area contributed by atoms with E-state index in [2.05, 4.69) is 27.7 Å². The van der Waals surface area contributed by atoms with Gasteiger partial charge in [0.1, 0.15) is 0 Å². The van der Waals surface area contributed by atoms with E-state index >= 15 is 0 Å². The fraction of sp³-hybridized carbons (Fsp3) is 0.556. The molecule has 6 nitrogen and oxygen atoms in total. The number of amides is 2. The summed E-state index contributed by atoms with van der Waals surface area (Å²) in [4.78, 5) is 25.1. The maximum absolute atomic E-state index is 11.6. The zero-order valence-electron chi connectivity index (χ0n) is 14.2. The first kappa shape index (κ1) is 18.4. The second-order valence-corrected chi connectivity index (χ2v) is 6.26. The predicted molar refractivity (Wildman–Crippen MR) is 94.1 cm³/mol. The molecule has 2 rings (SSSR count). The molecule has 0 atom stereocenters. The summed E-state index contributed by atoms with van der Waals surface area (Å²) < 4.78 is 0. The highest BCUT2D eigenvalue weighted by Crippen LogP contribution is 2.13. The normalized spacial score (nSPS) is 15.5. The van der Waals surface area contributed by atoms with Gasteiger partial charge >= 0.3 is 0 Å². The lowest BCUT2D eigenvalue weighted by Gasteiger charge is -2.19. The molecule has 1 aliphatic heterocycles. The fourth-order valence-electron chi connectivity index (χ4n) is 2.83. The van der Waals surface area contributed by atoms with Gasteiger partial charge in [-0.15, -0.1) is 0 Å². The van der Waals surface area contributed by atoms with Gasteiger partial charge in [-0.2, -0.15) is 0 Å². The maximum atomic E-state index is 11.6. The van der Waals surface area contributed by atoms with Crippen LogP contribution in [0.15, 0.2) is 24.3 Å². The second kappa shape index (κ2) is 10.1. The summed E-state index contributed by atoms with van der Waals surface area (Å²) in [6.45, 7) is 3.69. The molecule has 0 saturated carbocycles. The number of rotatable bonds is 7. The summed E-state index contributed by atoms with van der Waals surface area (Å²) in [6, 6.07) is 8.35. The minimum atomic E-state index is -0.331. The van der Waals surface area contributed by atoms with Crippen molar-refractivity contribution in [2.75, 3.05) is 26.2 Å². The lowest BCUT2D eigenvalue weighted by molar-refractivity contribution is -0.125. The minimum absolute atomic E-state index is 0.0386. The average Bonchev–Trinajstić information content (AvgIpc) is 2.87. The van der Waals surface area contributed by atoms with Crippen LogP contribution in [-0.4, -0.2) is 42.9 Å². The first-order chi connectivity index (χ1) is 11.7. The van der Waals surface area contributed by atoms with Crippen molar-refractivity contribution >= 4 is 11.8 Å². The minimum Gasteiger partial charge on any atom is -0.350 e. The molecule has 0 spiro atoms. The third-order valence-corrected chi connectivity index (χ3v) is 4.25. The van der Waals surface area contributed by atoms with Crippen molar-refractivity contribution in [3.63, 3.8) is 0 Å². The Morgan fingerprint density at radius 1 is 0.917 bits per heavy atom. The summed E-state index contributed by atoms with van der Waals surface area (Å²) in [5.41, 5.74) is 7.52. The van der Waals surface area contributed by atoms with Crippen molar-refractivity contribution in [3.05, 3.63) is 35.4 Å². The number of carbonyl (C=O) groups excluding carboxylic acids is 2. The van der Waals surface area contributed by atoms with E-state index in [1.807, 2.05) is 12.1 Å². The van der Waals surface area contributed by atoms with E-state index in [0.29, 0.717) is 6.54 Å². The van der Waals surface area contributed by atoms with Gasteiger partial charge in [0.25, 0.3) is 0 Å². The van der Waals surface area contributed by atoms with E-state index in [-0.39, 0.29) is 24.9 Å². The Balaban J connectivity index is 1.73. The van der Waals surface area contributed by atoms with Crippen LogP contribution in [0.2, 0.25) is 0 Å². The van der Waals surface area contributed by atoms with Crippen LogP contribution in [0, 0.1) is 0 Å². The molecule has 0 bridgehead atoms. The van der Waals surface area contributed by atoms with E-state index in [1.165, 1.54) is 44.3 Å². The molecule has 0 aromatic heterocycles.